The van der Waals surface area contributed by atoms with Crippen LogP contribution < -0.4 is 10.9 Å². The van der Waals surface area contributed by atoms with Gasteiger partial charge in [-0.05, 0) is 90.8 Å². The highest BCUT2D eigenvalue weighted by Gasteiger charge is 2.39. The Morgan fingerprint density at radius 1 is 1.12 bits per heavy atom. The standard InChI is InChI=1S/C32H42N8O3/c1-21-8-7-9-24(18-21)32(20-33-30(42)43-31(4,5)6)15-12-25(13-16-32)40-29(41)11-10-27(37-40)28-19-39(38-36-28)17-14-26-22(2)34-35-23(26)3/h7-11,18-19,25H,12-17,20H2,1-6H3,(H,33,42)(H,34,35). The number of nitrogens with zero attached hydrogens (tertiary/aromatic N) is 6. The fourth-order valence-corrected chi connectivity index (χ4v) is 6.02. The molecule has 1 fully saturated rings. The molecule has 1 saturated carbocycles. The number of hydrogen-bond acceptors (Lipinski definition) is 7. The van der Waals surface area contributed by atoms with Crippen molar-refractivity contribution in [3.05, 3.63) is 81.0 Å². The van der Waals surface area contributed by atoms with Crippen molar-refractivity contribution in [2.24, 2.45) is 0 Å². The van der Waals surface area contributed by atoms with E-state index >= 15 is 0 Å². The molecule has 3 aromatic heterocycles. The molecule has 0 saturated heterocycles. The number of nitrogens with one attached hydrogen (secondary N) is 2. The Bertz CT molecular complexity index is 1620. The van der Waals surface area contributed by atoms with E-state index in [1.807, 2.05) is 40.8 Å². The first kappa shape index (κ1) is 30.2. The van der Waals surface area contributed by atoms with Gasteiger partial charge in [-0.1, -0.05) is 35.0 Å². The first-order chi connectivity index (χ1) is 20.4. The highest BCUT2D eigenvalue weighted by atomic mass is 16.6. The van der Waals surface area contributed by atoms with Crippen molar-refractivity contribution in [1.29, 1.82) is 0 Å². The Morgan fingerprint density at radius 3 is 2.56 bits per heavy atom. The molecule has 5 rings (SSSR count). The summed E-state index contributed by atoms with van der Waals surface area (Å²) in [5.74, 6) is 0. The number of aryl methyl sites for hydroxylation is 4. The van der Waals surface area contributed by atoms with Crippen LogP contribution in [0.2, 0.25) is 0 Å². The summed E-state index contributed by atoms with van der Waals surface area (Å²) in [6.07, 6.45) is 5.31. The lowest BCUT2D eigenvalue weighted by Gasteiger charge is -2.41. The van der Waals surface area contributed by atoms with E-state index in [0.717, 1.165) is 43.5 Å². The molecule has 0 unspecified atom stereocenters. The monoisotopic (exact) mass is 586 g/mol. The lowest BCUT2D eigenvalue weighted by molar-refractivity contribution is 0.0504. The molecule has 1 aliphatic rings. The zero-order valence-corrected chi connectivity index (χ0v) is 26.0. The Labute approximate surface area is 252 Å². The smallest absolute Gasteiger partial charge is 0.407 e. The minimum absolute atomic E-state index is 0.0611. The van der Waals surface area contributed by atoms with Crippen molar-refractivity contribution >= 4 is 6.09 Å². The number of benzene rings is 1. The molecule has 1 aliphatic carbocycles. The fraction of sp³-hybridized carbons (Fsp3) is 0.500. The van der Waals surface area contributed by atoms with Crippen molar-refractivity contribution in [3.63, 3.8) is 0 Å². The van der Waals surface area contributed by atoms with E-state index in [1.165, 1.54) is 16.7 Å². The zero-order chi connectivity index (χ0) is 30.8. The second-order valence-electron chi connectivity index (χ2n) is 12.8. The number of hydrogen-bond donors (Lipinski definition) is 2. The van der Waals surface area contributed by atoms with Crippen LogP contribution in [0.1, 0.15) is 80.6 Å². The molecular formula is C32H42N8O3. The lowest BCUT2D eigenvalue weighted by atomic mass is 9.68. The maximum atomic E-state index is 13.0. The molecule has 0 spiro atoms. The van der Waals surface area contributed by atoms with Crippen LogP contribution in [0.25, 0.3) is 11.4 Å². The molecule has 11 heteroatoms. The van der Waals surface area contributed by atoms with Crippen LogP contribution in [-0.2, 0) is 23.1 Å². The summed E-state index contributed by atoms with van der Waals surface area (Å²) in [5.41, 5.74) is 5.86. The second kappa shape index (κ2) is 12.1. The average molecular weight is 587 g/mol. The van der Waals surface area contributed by atoms with Crippen LogP contribution >= 0.6 is 0 Å². The number of rotatable bonds is 8. The number of ether oxygens (including phenoxy) is 1. The van der Waals surface area contributed by atoms with Gasteiger partial charge in [0.1, 0.15) is 17.0 Å². The highest BCUT2D eigenvalue weighted by Crippen LogP contribution is 2.43. The molecule has 1 aromatic carbocycles. The van der Waals surface area contributed by atoms with Crippen LogP contribution in [0.5, 0.6) is 0 Å². The third-order valence-corrected chi connectivity index (χ3v) is 8.36. The Balaban J connectivity index is 1.31. The zero-order valence-electron chi connectivity index (χ0n) is 26.0. The van der Waals surface area contributed by atoms with Crippen LogP contribution in [0, 0.1) is 20.8 Å². The third-order valence-electron chi connectivity index (χ3n) is 8.36. The second-order valence-corrected chi connectivity index (χ2v) is 12.8. The number of carbonyl (C=O) groups is 1. The molecule has 0 bridgehead atoms. The van der Waals surface area contributed by atoms with E-state index in [1.54, 1.807) is 21.5 Å². The molecule has 228 valence electrons. The van der Waals surface area contributed by atoms with Gasteiger partial charge in [-0.2, -0.15) is 10.2 Å². The molecule has 0 atom stereocenters. The number of aromatic nitrogens is 7. The predicted octanol–water partition coefficient (Wildman–Crippen LogP) is 4.97. The molecule has 2 N–H and O–H groups in total. The van der Waals surface area contributed by atoms with Gasteiger partial charge < -0.3 is 10.1 Å². The minimum Gasteiger partial charge on any atom is -0.444 e. The molecule has 3 heterocycles. The van der Waals surface area contributed by atoms with Crippen molar-refractivity contribution in [2.75, 3.05) is 6.54 Å². The van der Waals surface area contributed by atoms with Gasteiger partial charge in [0.2, 0.25) is 0 Å². The molecule has 0 aliphatic heterocycles. The van der Waals surface area contributed by atoms with Crippen LogP contribution in [0.4, 0.5) is 4.79 Å². The van der Waals surface area contributed by atoms with Crippen molar-refractivity contribution in [2.45, 2.75) is 97.2 Å². The van der Waals surface area contributed by atoms with Crippen LogP contribution in [0.15, 0.2) is 47.4 Å². The van der Waals surface area contributed by atoms with Crippen molar-refractivity contribution in [1.82, 2.24) is 40.3 Å². The molecule has 11 nitrogen and oxygen atoms in total. The summed E-state index contributed by atoms with van der Waals surface area (Å²) in [6, 6.07) is 11.7. The normalized spacial score (nSPS) is 18.9. The van der Waals surface area contributed by atoms with Gasteiger partial charge in [0, 0.05) is 30.3 Å². The topological polar surface area (TPSA) is 133 Å². The van der Waals surface area contributed by atoms with Gasteiger partial charge in [-0.15, -0.1) is 5.10 Å². The van der Waals surface area contributed by atoms with Crippen LogP contribution in [-0.4, -0.2) is 53.2 Å². The maximum Gasteiger partial charge on any atom is 0.407 e. The Kier molecular flexibility index (Phi) is 8.52. The van der Waals surface area contributed by atoms with E-state index in [2.05, 4.69) is 57.0 Å². The van der Waals surface area contributed by atoms with Gasteiger partial charge in [-0.25, -0.2) is 9.48 Å². The minimum atomic E-state index is -0.570. The summed E-state index contributed by atoms with van der Waals surface area (Å²) in [5, 5.41) is 23.7. The number of alkyl carbamates (subject to hydrolysis) is 1. The van der Waals surface area contributed by atoms with E-state index < -0.39 is 11.7 Å². The van der Waals surface area contributed by atoms with Gasteiger partial charge in [0.15, 0.2) is 0 Å². The van der Waals surface area contributed by atoms with Crippen LogP contribution in [0.3, 0.4) is 0 Å². The number of H-pyrrole nitrogens is 1. The molecule has 0 radical (unpaired) electrons. The van der Waals surface area contributed by atoms with E-state index in [0.29, 0.717) is 24.5 Å². The van der Waals surface area contributed by atoms with Gasteiger partial charge in [-0.3, -0.25) is 14.6 Å². The molecule has 4 aromatic rings. The van der Waals surface area contributed by atoms with Crippen molar-refractivity contribution in [3.8, 4) is 11.4 Å². The fourth-order valence-electron chi connectivity index (χ4n) is 6.02. The highest BCUT2D eigenvalue weighted by molar-refractivity contribution is 5.68. The van der Waals surface area contributed by atoms with E-state index in [4.69, 9.17) is 9.84 Å². The number of aromatic amines is 1. The first-order valence-electron chi connectivity index (χ1n) is 15.0. The summed E-state index contributed by atoms with van der Waals surface area (Å²) in [4.78, 5) is 25.6. The largest absolute Gasteiger partial charge is 0.444 e. The van der Waals surface area contributed by atoms with Crippen molar-refractivity contribution < 1.29 is 9.53 Å². The average Bonchev–Trinajstić information content (AvgIpc) is 3.56. The Hall–Kier alpha value is -4.28. The molecule has 1 amide bonds. The maximum absolute atomic E-state index is 13.0. The lowest BCUT2D eigenvalue weighted by Crippen LogP contribution is -2.45. The molecule has 43 heavy (non-hydrogen) atoms. The SMILES string of the molecule is Cc1cccc(C2(CNC(=O)OC(C)(C)C)CCC(n3nc(-c4cn(CCc5c(C)n[nH]c5C)nn4)ccc3=O)CC2)c1. The quantitative estimate of drug-likeness (QED) is 0.298. The summed E-state index contributed by atoms with van der Waals surface area (Å²) < 4.78 is 8.92. The first-order valence-corrected chi connectivity index (χ1v) is 15.0. The van der Waals surface area contributed by atoms with Gasteiger partial charge in [0.05, 0.1) is 17.9 Å². The summed E-state index contributed by atoms with van der Waals surface area (Å²) in [7, 11) is 0. The summed E-state index contributed by atoms with van der Waals surface area (Å²) >= 11 is 0. The Morgan fingerprint density at radius 2 is 1.88 bits per heavy atom. The van der Waals surface area contributed by atoms with E-state index in [-0.39, 0.29) is 17.0 Å². The summed E-state index contributed by atoms with van der Waals surface area (Å²) in [6.45, 7) is 12.8. The predicted molar refractivity (Wildman–Crippen MR) is 164 cm³/mol. The number of carbonyl (C=O) groups excluding carboxylic acids is 1. The number of amides is 1. The molecular weight excluding hydrogens is 544 g/mol. The van der Waals surface area contributed by atoms with Gasteiger partial charge in [0.25, 0.3) is 5.56 Å². The third kappa shape index (κ3) is 7.03. The van der Waals surface area contributed by atoms with Gasteiger partial charge >= 0.3 is 6.09 Å². The van der Waals surface area contributed by atoms with E-state index in [9.17, 15) is 9.59 Å².